The van der Waals surface area contributed by atoms with Gasteiger partial charge in [0.2, 0.25) is 0 Å². The number of hydrogen-bond acceptors (Lipinski definition) is 5. The van der Waals surface area contributed by atoms with Gasteiger partial charge in [-0.15, -0.1) is 11.3 Å². The van der Waals surface area contributed by atoms with Crippen LogP contribution in [0, 0.1) is 0 Å². The van der Waals surface area contributed by atoms with E-state index in [0.717, 1.165) is 33.8 Å². The van der Waals surface area contributed by atoms with Gasteiger partial charge in [0.05, 0.1) is 20.7 Å². The Balaban J connectivity index is 1.61. The lowest BCUT2D eigenvalue weighted by atomic mass is 9.85. The molecule has 0 fully saturated rings. The molecule has 1 unspecified atom stereocenters. The molecule has 1 aliphatic heterocycles. The molecule has 0 bridgehead atoms. The normalized spacial score (nSPS) is 17.5. The summed E-state index contributed by atoms with van der Waals surface area (Å²) in [6, 6.07) is 17.7. The summed E-state index contributed by atoms with van der Waals surface area (Å²) >= 11 is 6.45. The summed E-state index contributed by atoms with van der Waals surface area (Å²) in [5.74, 6) is 0.174. The van der Waals surface area contributed by atoms with Crippen molar-refractivity contribution < 1.29 is 5.11 Å². The van der Waals surface area contributed by atoms with E-state index in [1.54, 1.807) is 23.5 Å². The number of aromatic hydroxyl groups is 1. The van der Waals surface area contributed by atoms with E-state index in [2.05, 4.69) is 51.6 Å². The van der Waals surface area contributed by atoms with Crippen molar-refractivity contribution in [3.05, 3.63) is 111 Å². The second-order valence-electron chi connectivity index (χ2n) is 7.84. The van der Waals surface area contributed by atoms with E-state index >= 15 is 0 Å². The maximum Gasteiger partial charge on any atom is 0.271 e. The predicted molar refractivity (Wildman–Crippen MR) is 133 cm³/mol. The summed E-state index contributed by atoms with van der Waals surface area (Å²) in [4.78, 5) is 20.5. The molecule has 2 aromatic carbocycles. The lowest BCUT2D eigenvalue weighted by Crippen LogP contribution is -2.38. The molecule has 0 saturated carbocycles. The molecule has 1 N–H and O–H groups in total. The molecule has 3 heterocycles. The summed E-state index contributed by atoms with van der Waals surface area (Å²) in [6.07, 6.45) is 3.72. The van der Waals surface area contributed by atoms with Crippen LogP contribution in [0.3, 0.4) is 0 Å². The van der Waals surface area contributed by atoms with Crippen LogP contribution in [0.1, 0.15) is 34.0 Å². The predicted octanol–water partition coefficient (Wildman–Crippen LogP) is 4.85. The lowest BCUT2D eigenvalue weighted by Gasteiger charge is -2.30. The first kappa shape index (κ1) is 19.9. The monoisotopic (exact) mass is 520 g/mol. The third-order valence-corrected chi connectivity index (χ3v) is 8.50. The highest BCUT2D eigenvalue weighted by molar-refractivity contribution is 9.10. The van der Waals surface area contributed by atoms with Crippen LogP contribution in [0.2, 0.25) is 0 Å². The summed E-state index contributed by atoms with van der Waals surface area (Å²) < 4.78 is 3.10. The number of aromatic nitrogens is 1. The number of phenols is 1. The molecule has 1 aliphatic carbocycles. The van der Waals surface area contributed by atoms with Gasteiger partial charge >= 0.3 is 0 Å². The number of thiophene rings is 1. The average Bonchev–Trinajstić information content (AvgIpc) is 3.44. The number of allylic oxidation sites excluding steroid dienone is 1. The van der Waals surface area contributed by atoms with Crippen molar-refractivity contribution in [2.75, 3.05) is 0 Å². The van der Waals surface area contributed by atoms with E-state index in [9.17, 15) is 9.90 Å². The molecule has 32 heavy (non-hydrogen) atoms. The number of nitrogens with zero attached hydrogens (tertiary/aromatic N) is 2. The molecule has 7 heteroatoms. The van der Waals surface area contributed by atoms with Gasteiger partial charge in [-0.05, 0) is 75.1 Å². The first-order valence-electron chi connectivity index (χ1n) is 10.2. The van der Waals surface area contributed by atoms with Gasteiger partial charge in [0, 0.05) is 10.4 Å². The smallest absolute Gasteiger partial charge is 0.271 e. The minimum atomic E-state index is -0.122. The number of aryl methyl sites for hydroxylation is 1. The number of halogens is 1. The Morgan fingerprint density at radius 1 is 1.12 bits per heavy atom. The van der Waals surface area contributed by atoms with Crippen LogP contribution in [0.5, 0.6) is 5.75 Å². The van der Waals surface area contributed by atoms with Crippen LogP contribution in [0.25, 0.3) is 11.8 Å². The van der Waals surface area contributed by atoms with Gasteiger partial charge < -0.3 is 5.11 Å². The quantitative estimate of drug-likeness (QED) is 0.410. The number of phenolic OH excluding ortho intramolecular Hbond substituents is 1. The van der Waals surface area contributed by atoms with Crippen LogP contribution in [0.4, 0.5) is 0 Å². The van der Waals surface area contributed by atoms with Crippen LogP contribution in [-0.4, -0.2) is 9.67 Å². The minimum absolute atomic E-state index is 0.0262. The Morgan fingerprint density at radius 2 is 2.00 bits per heavy atom. The molecular formula is C25H17BrN2O2S2. The number of thiazole rings is 1. The summed E-state index contributed by atoms with van der Waals surface area (Å²) in [6.45, 7) is 0. The molecule has 0 saturated heterocycles. The molecule has 158 valence electrons. The Bertz CT molecular complexity index is 1580. The molecule has 4 aromatic rings. The Morgan fingerprint density at radius 3 is 2.81 bits per heavy atom. The van der Waals surface area contributed by atoms with Crippen molar-refractivity contribution in [3.63, 3.8) is 0 Å². The third kappa shape index (κ3) is 3.15. The zero-order valence-corrected chi connectivity index (χ0v) is 20.0. The Kier molecular flexibility index (Phi) is 4.78. The summed E-state index contributed by atoms with van der Waals surface area (Å²) in [5, 5.41) is 11.9. The van der Waals surface area contributed by atoms with Crippen molar-refractivity contribution in [2.24, 2.45) is 4.99 Å². The van der Waals surface area contributed by atoms with Crippen molar-refractivity contribution >= 4 is 50.4 Å². The van der Waals surface area contributed by atoms with Gasteiger partial charge in [0.1, 0.15) is 5.75 Å². The van der Waals surface area contributed by atoms with Crippen molar-refractivity contribution in [3.8, 4) is 5.75 Å². The first-order chi connectivity index (χ1) is 15.6. The molecule has 2 aromatic heterocycles. The van der Waals surface area contributed by atoms with Gasteiger partial charge in [-0.2, -0.15) is 0 Å². The molecule has 0 radical (unpaired) electrons. The van der Waals surface area contributed by atoms with Crippen LogP contribution in [0.15, 0.2) is 79.8 Å². The molecular weight excluding hydrogens is 504 g/mol. The van der Waals surface area contributed by atoms with Gasteiger partial charge in [-0.3, -0.25) is 9.36 Å². The minimum Gasteiger partial charge on any atom is -0.507 e. The van der Waals surface area contributed by atoms with E-state index in [4.69, 9.17) is 4.99 Å². The van der Waals surface area contributed by atoms with Crippen LogP contribution >= 0.6 is 38.6 Å². The Labute approximate surface area is 200 Å². The highest BCUT2D eigenvalue weighted by Crippen LogP contribution is 2.42. The highest BCUT2D eigenvalue weighted by atomic mass is 79.9. The second kappa shape index (κ2) is 7.69. The maximum absolute atomic E-state index is 13.6. The van der Waals surface area contributed by atoms with Crippen molar-refractivity contribution in [1.82, 2.24) is 4.57 Å². The Hall–Kier alpha value is -2.74. The fourth-order valence-electron chi connectivity index (χ4n) is 4.48. The maximum atomic E-state index is 13.6. The second-order valence-corrected chi connectivity index (χ2v) is 10.7. The fourth-order valence-corrected chi connectivity index (χ4v) is 6.73. The lowest BCUT2D eigenvalue weighted by molar-refractivity contribution is 0.472. The molecule has 2 aliphatic rings. The molecule has 0 amide bonds. The molecule has 4 nitrogen and oxygen atoms in total. The van der Waals surface area contributed by atoms with Gasteiger partial charge in [0.25, 0.3) is 5.56 Å². The number of rotatable bonds is 2. The van der Waals surface area contributed by atoms with Crippen LogP contribution < -0.4 is 14.9 Å². The number of hydrogen-bond donors (Lipinski definition) is 1. The van der Waals surface area contributed by atoms with E-state index in [0.29, 0.717) is 9.01 Å². The SMILES string of the molecule is O=c1c(=Cc2ccc(O)c(Br)c2)sc2n1C(c1cccs1)C1=C(N=2)c2ccccc2CC1. The zero-order valence-electron chi connectivity index (χ0n) is 16.8. The highest BCUT2D eigenvalue weighted by Gasteiger charge is 2.32. The topological polar surface area (TPSA) is 54.6 Å². The van der Waals surface area contributed by atoms with E-state index in [1.807, 2.05) is 22.8 Å². The largest absolute Gasteiger partial charge is 0.507 e. The van der Waals surface area contributed by atoms with E-state index in [1.165, 1.54) is 28.0 Å². The fraction of sp³-hybridized carbons (Fsp3) is 0.120. The molecule has 0 spiro atoms. The molecule has 6 rings (SSSR count). The van der Waals surface area contributed by atoms with Crippen molar-refractivity contribution in [1.29, 1.82) is 0 Å². The summed E-state index contributed by atoms with van der Waals surface area (Å²) in [5.41, 5.74) is 5.55. The van der Waals surface area contributed by atoms with E-state index < -0.39 is 0 Å². The zero-order chi connectivity index (χ0) is 21.8. The van der Waals surface area contributed by atoms with Crippen LogP contribution in [-0.2, 0) is 6.42 Å². The van der Waals surface area contributed by atoms with Gasteiger partial charge in [-0.1, -0.05) is 47.7 Å². The first-order valence-corrected chi connectivity index (χ1v) is 12.7. The number of benzene rings is 2. The average molecular weight is 521 g/mol. The van der Waals surface area contributed by atoms with E-state index in [-0.39, 0.29) is 17.4 Å². The third-order valence-electron chi connectivity index (χ3n) is 5.96. The molecule has 1 atom stereocenters. The van der Waals surface area contributed by atoms with Gasteiger partial charge in [-0.25, -0.2) is 4.99 Å². The summed E-state index contributed by atoms with van der Waals surface area (Å²) in [7, 11) is 0. The van der Waals surface area contributed by atoms with Gasteiger partial charge in [0.15, 0.2) is 4.80 Å². The number of fused-ring (bicyclic) bond motifs is 3. The van der Waals surface area contributed by atoms with Crippen molar-refractivity contribution in [2.45, 2.75) is 18.9 Å². The standard InChI is InChI=1S/C25H17BrN2O2S2/c26-18-12-14(7-10-19(18)29)13-21-24(30)28-23(20-6-3-11-31-20)17-9-8-15-4-1-2-5-16(15)22(17)27-25(28)32-21/h1-7,10-13,23,29H,8-9H2.